The first-order chi connectivity index (χ1) is 16.5. The maximum absolute atomic E-state index is 13.9. The summed E-state index contributed by atoms with van der Waals surface area (Å²) in [5.41, 5.74) is -0.255. The summed E-state index contributed by atoms with van der Waals surface area (Å²) in [5.74, 6) is 1.39. The number of nitrogens with one attached hydrogen (secondary N) is 1. The minimum absolute atomic E-state index is 0.131. The number of hydrogen-bond acceptors (Lipinski definition) is 8. The van der Waals surface area contributed by atoms with Crippen molar-refractivity contribution < 1.29 is 23.6 Å². The molecule has 0 atom stereocenters. The zero-order chi connectivity index (χ0) is 23.7. The first-order valence-electron chi connectivity index (χ1n) is 10.3. The zero-order valence-corrected chi connectivity index (χ0v) is 19.2. The highest BCUT2D eigenvalue weighted by molar-refractivity contribution is 7.13. The molecular formula is C24H20N4O5S. The van der Waals surface area contributed by atoms with Crippen LogP contribution in [0.2, 0.25) is 0 Å². The van der Waals surface area contributed by atoms with Crippen molar-refractivity contribution in [2.24, 2.45) is 0 Å². The fraction of sp³-hybridized carbons (Fsp3) is 0.167. The minimum Gasteiger partial charge on any atom is -0.497 e. The van der Waals surface area contributed by atoms with E-state index in [1.54, 1.807) is 62.8 Å². The van der Waals surface area contributed by atoms with Crippen molar-refractivity contribution in [1.82, 2.24) is 20.4 Å². The average Bonchev–Trinajstić information content (AvgIpc) is 3.62. The maximum Gasteiger partial charge on any atom is 0.325 e. The van der Waals surface area contributed by atoms with Crippen molar-refractivity contribution in [2.45, 2.75) is 12.1 Å². The van der Waals surface area contributed by atoms with Crippen LogP contribution in [0.25, 0.3) is 10.8 Å². The lowest BCUT2D eigenvalue weighted by molar-refractivity contribution is -0.130. The number of carbonyl (C=O) groups is 2. The van der Waals surface area contributed by atoms with Crippen molar-refractivity contribution in [1.29, 1.82) is 0 Å². The zero-order valence-electron chi connectivity index (χ0n) is 18.3. The molecule has 1 aliphatic rings. The Morgan fingerprint density at radius 3 is 2.12 bits per heavy atom. The Labute approximate surface area is 198 Å². The molecule has 0 aliphatic carbocycles. The molecule has 0 spiro atoms. The highest BCUT2D eigenvalue weighted by Crippen LogP contribution is 2.38. The molecule has 1 saturated heterocycles. The van der Waals surface area contributed by atoms with Crippen LogP contribution in [-0.2, 0) is 16.9 Å². The van der Waals surface area contributed by atoms with Gasteiger partial charge in [0, 0.05) is 0 Å². The molecule has 10 heteroatoms. The van der Waals surface area contributed by atoms with Crippen molar-refractivity contribution in [3.05, 3.63) is 83.0 Å². The maximum atomic E-state index is 13.9. The Morgan fingerprint density at radius 1 is 0.971 bits per heavy atom. The van der Waals surface area contributed by atoms with E-state index in [1.165, 1.54) is 11.3 Å². The summed E-state index contributed by atoms with van der Waals surface area (Å²) in [7, 11) is 3.13. The SMILES string of the molecule is COc1ccc(C2(c3ccc(OC)cc3)NC(=O)N(Cc3noc(-c4cccs4)n3)C2=O)cc1. The third-order valence-electron chi connectivity index (χ3n) is 5.65. The van der Waals surface area contributed by atoms with Crippen molar-refractivity contribution in [3.8, 4) is 22.3 Å². The van der Waals surface area contributed by atoms with Gasteiger partial charge in [-0.15, -0.1) is 11.3 Å². The quantitative estimate of drug-likeness (QED) is 0.404. The molecule has 172 valence electrons. The number of amides is 3. The van der Waals surface area contributed by atoms with E-state index in [9.17, 15) is 9.59 Å². The molecule has 1 fully saturated rings. The van der Waals surface area contributed by atoms with Gasteiger partial charge in [0.25, 0.3) is 11.8 Å². The molecule has 2 aromatic heterocycles. The molecular weight excluding hydrogens is 456 g/mol. The molecule has 5 rings (SSSR count). The second-order valence-corrected chi connectivity index (χ2v) is 8.47. The van der Waals surface area contributed by atoms with Gasteiger partial charge in [0.05, 0.1) is 25.6 Å². The number of imide groups is 1. The molecule has 34 heavy (non-hydrogen) atoms. The second-order valence-electron chi connectivity index (χ2n) is 7.52. The van der Waals surface area contributed by atoms with Gasteiger partial charge in [-0.05, 0) is 46.8 Å². The Bertz CT molecular complexity index is 1270. The number of rotatable bonds is 7. The van der Waals surface area contributed by atoms with E-state index in [4.69, 9.17) is 14.0 Å². The number of benzene rings is 2. The van der Waals surface area contributed by atoms with E-state index in [2.05, 4.69) is 15.5 Å². The van der Waals surface area contributed by atoms with Gasteiger partial charge in [-0.1, -0.05) is 35.5 Å². The van der Waals surface area contributed by atoms with Crippen LogP contribution in [-0.4, -0.2) is 41.2 Å². The number of methoxy groups -OCH3 is 2. The van der Waals surface area contributed by atoms with Crippen LogP contribution in [0.3, 0.4) is 0 Å². The lowest BCUT2D eigenvalue weighted by atomic mass is 9.82. The molecule has 0 saturated carbocycles. The fourth-order valence-corrected chi connectivity index (χ4v) is 4.56. The van der Waals surface area contributed by atoms with Gasteiger partial charge in [-0.3, -0.25) is 9.69 Å². The molecule has 1 N–H and O–H groups in total. The fourth-order valence-electron chi connectivity index (χ4n) is 3.92. The van der Waals surface area contributed by atoms with Gasteiger partial charge in [-0.25, -0.2) is 4.79 Å². The van der Waals surface area contributed by atoms with Gasteiger partial charge in [-0.2, -0.15) is 4.98 Å². The monoisotopic (exact) mass is 476 g/mol. The van der Waals surface area contributed by atoms with E-state index >= 15 is 0 Å². The first-order valence-corrected chi connectivity index (χ1v) is 11.2. The summed E-state index contributed by atoms with van der Waals surface area (Å²) in [6.45, 7) is -0.131. The lowest BCUT2D eigenvalue weighted by Gasteiger charge is -2.28. The van der Waals surface area contributed by atoms with Crippen LogP contribution in [0.5, 0.6) is 11.5 Å². The van der Waals surface area contributed by atoms with E-state index in [1.807, 2.05) is 17.5 Å². The van der Waals surface area contributed by atoms with Gasteiger partial charge >= 0.3 is 6.03 Å². The molecule has 3 amide bonds. The number of carbonyl (C=O) groups excluding carboxylic acids is 2. The number of aromatic nitrogens is 2. The topological polar surface area (TPSA) is 107 Å². The molecule has 0 radical (unpaired) electrons. The molecule has 0 unspecified atom stereocenters. The van der Waals surface area contributed by atoms with Crippen molar-refractivity contribution >= 4 is 23.3 Å². The summed E-state index contributed by atoms with van der Waals surface area (Å²) in [4.78, 5) is 33.2. The molecule has 3 heterocycles. The van der Waals surface area contributed by atoms with Gasteiger partial charge < -0.3 is 19.3 Å². The standard InChI is InChI=1S/C24H20N4O5S/c1-31-17-9-5-15(6-10-17)24(16-7-11-18(32-2)12-8-16)22(29)28(23(30)26-24)14-20-25-21(33-27-20)19-4-3-13-34-19/h3-13H,14H2,1-2H3,(H,26,30). The summed E-state index contributed by atoms with van der Waals surface area (Å²) in [6, 6.07) is 17.2. The normalized spacial score (nSPS) is 14.8. The number of nitrogens with zero attached hydrogens (tertiary/aromatic N) is 3. The Hall–Kier alpha value is -4.18. The van der Waals surface area contributed by atoms with Crippen LogP contribution in [0.1, 0.15) is 17.0 Å². The van der Waals surface area contributed by atoms with E-state index in [-0.39, 0.29) is 12.4 Å². The van der Waals surface area contributed by atoms with Crippen molar-refractivity contribution in [3.63, 3.8) is 0 Å². The second kappa shape index (κ2) is 8.64. The summed E-state index contributed by atoms with van der Waals surface area (Å²) in [5, 5.41) is 8.76. The molecule has 9 nitrogen and oxygen atoms in total. The Morgan fingerprint density at radius 2 is 1.59 bits per heavy atom. The Kier molecular flexibility index (Phi) is 5.50. The largest absolute Gasteiger partial charge is 0.497 e. The van der Waals surface area contributed by atoms with Crippen LogP contribution in [0.15, 0.2) is 70.6 Å². The first kappa shape index (κ1) is 21.7. The van der Waals surface area contributed by atoms with Crippen LogP contribution >= 0.6 is 11.3 Å². The highest BCUT2D eigenvalue weighted by Gasteiger charge is 2.54. The average molecular weight is 477 g/mol. The van der Waals surface area contributed by atoms with E-state index in [0.717, 1.165) is 9.78 Å². The lowest BCUT2D eigenvalue weighted by Crippen LogP contribution is -2.45. The third-order valence-corrected chi connectivity index (χ3v) is 6.51. The van der Waals surface area contributed by atoms with Gasteiger partial charge in [0.1, 0.15) is 11.5 Å². The van der Waals surface area contributed by atoms with Crippen LogP contribution in [0.4, 0.5) is 4.79 Å². The van der Waals surface area contributed by atoms with Gasteiger partial charge in [0.2, 0.25) is 0 Å². The number of ether oxygens (including phenoxy) is 2. The predicted octanol–water partition coefficient (Wildman–Crippen LogP) is 3.81. The number of urea groups is 1. The van der Waals surface area contributed by atoms with Crippen molar-refractivity contribution in [2.75, 3.05) is 14.2 Å². The molecule has 4 aromatic rings. The number of hydrogen-bond donors (Lipinski definition) is 1. The highest BCUT2D eigenvalue weighted by atomic mass is 32.1. The number of thiophene rings is 1. The molecule has 0 bridgehead atoms. The summed E-state index contributed by atoms with van der Waals surface area (Å²) in [6.07, 6.45) is 0. The van der Waals surface area contributed by atoms with Gasteiger partial charge in [0.15, 0.2) is 11.4 Å². The summed E-state index contributed by atoms with van der Waals surface area (Å²) < 4.78 is 15.8. The van der Waals surface area contributed by atoms with E-state index < -0.39 is 17.5 Å². The van der Waals surface area contributed by atoms with Crippen LogP contribution < -0.4 is 14.8 Å². The van der Waals surface area contributed by atoms with Crippen LogP contribution in [0, 0.1) is 0 Å². The summed E-state index contributed by atoms with van der Waals surface area (Å²) >= 11 is 1.46. The third kappa shape index (κ3) is 3.57. The molecule has 2 aromatic carbocycles. The predicted molar refractivity (Wildman–Crippen MR) is 123 cm³/mol. The smallest absolute Gasteiger partial charge is 0.325 e. The Balaban J connectivity index is 1.52. The minimum atomic E-state index is -1.43. The van der Waals surface area contributed by atoms with E-state index in [0.29, 0.717) is 28.5 Å². The molecule has 1 aliphatic heterocycles.